The van der Waals surface area contributed by atoms with Gasteiger partial charge in [-0.05, 0) is 81.9 Å². The van der Waals surface area contributed by atoms with Crippen LogP contribution in [0.1, 0.15) is 49.9 Å². The summed E-state index contributed by atoms with van der Waals surface area (Å²) in [5.74, 6) is 1.86. The van der Waals surface area contributed by atoms with Gasteiger partial charge in [0.1, 0.15) is 0 Å². The molecule has 0 fully saturated rings. The normalized spacial score (nSPS) is 14.6. The van der Waals surface area contributed by atoms with Gasteiger partial charge in [-0.2, -0.15) is 9.97 Å². The summed E-state index contributed by atoms with van der Waals surface area (Å²) in [7, 11) is 0. The zero-order valence-electron chi connectivity index (χ0n) is 32.0. The van der Waals surface area contributed by atoms with Crippen LogP contribution in [0.25, 0.3) is 33.9 Å². The Balaban J connectivity index is 1.14. The second-order valence-electron chi connectivity index (χ2n) is 15.8. The molecule has 0 saturated heterocycles. The van der Waals surface area contributed by atoms with E-state index in [-0.39, 0.29) is 10.8 Å². The van der Waals surface area contributed by atoms with Crippen molar-refractivity contribution in [1.29, 1.82) is 0 Å². The number of hydrogen-bond acceptors (Lipinski definition) is 5. The molecule has 7 aromatic carbocycles. The molecule has 0 N–H and O–H groups in total. The van der Waals surface area contributed by atoms with E-state index in [2.05, 4.69) is 177 Å². The van der Waals surface area contributed by atoms with Crippen molar-refractivity contribution in [2.24, 2.45) is 0 Å². The third kappa shape index (κ3) is 5.34. The molecule has 0 saturated carbocycles. The Bertz CT molecular complexity index is 2700. The first-order chi connectivity index (χ1) is 27.3. The molecule has 3 heterocycles. The molecule has 1 aromatic heterocycles. The molecule has 5 nitrogen and oxygen atoms in total. The van der Waals surface area contributed by atoms with Gasteiger partial charge in [0, 0.05) is 27.6 Å². The van der Waals surface area contributed by atoms with Crippen LogP contribution in [0, 0.1) is 0 Å². The fourth-order valence-electron chi connectivity index (χ4n) is 8.73. The maximum absolute atomic E-state index is 5.19. The van der Waals surface area contributed by atoms with Crippen molar-refractivity contribution < 1.29 is 0 Å². The van der Waals surface area contributed by atoms with Crippen molar-refractivity contribution in [1.82, 2.24) is 15.0 Å². The molecule has 270 valence electrons. The molecule has 0 radical (unpaired) electrons. The van der Waals surface area contributed by atoms with Crippen LogP contribution in [0.5, 0.6) is 0 Å². The highest BCUT2D eigenvalue weighted by Gasteiger charge is 2.40. The summed E-state index contributed by atoms with van der Waals surface area (Å²) in [6.07, 6.45) is 0. The van der Waals surface area contributed by atoms with Gasteiger partial charge >= 0.3 is 0 Å². The van der Waals surface area contributed by atoms with Gasteiger partial charge in [-0.3, -0.25) is 4.90 Å². The quantitative estimate of drug-likeness (QED) is 0.177. The van der Waals surface area contributed by atoms with Crippen molar-refractivity contribution in [2.45, 2.75) is 38.5 Å². The van der Waals surface area contributed by atoms with Gasteiger partial charge in [-0.15, -0.1) is 0 Å². The molecule has 10 rings (SSSR count). The van der Waals surface area contributed by atoms with Crippen molar-refractivity contribution in [3.63, 3.8) is 0 Å². The van der Waals surface area contributed by atoms with E-state index >= 15 is 0 Å². The molecule has 0 unspecified atom stereocenters. The molecule has 8 aromatic rings. The van der Waals surface area contributed by atoms with E-state index < -0.39 is 0 Å². The van der Waals surface area contributed by atoms with E-state index in [1.165, 1.54) is 44.8 Å². The number of rotatable bonds is 5. The fourth-order valence-corrected chi connectivity index (χ4v) is 8.73. The van der Waals surface area contributed by atoms with Gasteiger partial charge in [0.05, 0.1) is 22.7 Å². The van der Waals surface area contributed by atoms with E-state index in [1.54, 1.807) is 0 Å². The number of benzene rings is 7. The second kappa shape index (κ2) is 12.9. The number of anilines is 6. The van der Waals surface area contributed by atoms with Gasteiger partial charge < -0.3 is 4.90 Å². The predicted molar refractivity (Wildman–Crippen MR) is 230 cm³/mol. The van der Waals surface area contributed by atoms with E-state index in [0.717, 1.165) is 28.2 Å². The third-order valence-electron chi connectivity index (χ3n) is 11.7. The topological polar surface area (TPSA) is 45.2 Å². The standard InChI is InChI=1S/C51H41N5/c1-50(2)39-24-14-16-26-43(39)55(38-22-12-7-13-23-38)45-30-28-36(32-41(45)50)37-29-31-46-42(33-37)51(3,4)40-25-15-17-27-44(40)56(46)49-53-47(34-18-8-5-9-19-34)52-48(54-49)35-20-10-6-11-21-35/h5-33H,1-4H3. The summed E-state index contributed by atoms with van der Waals surface area (Å²) < 4.78 is 0. The Hall–Kier alpha value is -6.85. The summed E-state index contributed by atoms with van der Waals surface area (Å²) in [5.41, 5.74) is 14.5. The maximum atomic E-state index is 5.19. The zero-order chi connectivity index (χ0) is 38.0. The van der Waals surface area contributed by atoms with E-state index in [0.29, 0.717) is 17.6 Å². The van der Waals surface area contributed by atoms with Crippen LogP contribution >= 0.6 is 0 Å². The van der Waals surface area contributed by atoms with Crippen molar-refractivity contribution in [3.05, 3.63) is 198 Å². The molecule has 0 spiro atoms. The molecule has 0 aliphatic carbocycles. The first-order valence-corrected chi connectivity index (χ1v) is 19.3. The third-order valence-corrected chi connectivity index (χ3v) is 11.7. The lowest BCUT2D eigenvalue weighted by Gasteiger charge is -2.42. The largest absolute Gasteiger partial charge is 0.310 e. The Morgan fingerprint density at radius 2 is 0.732 bits per heavy atom. The molecule has 2 aliphatic heterocycles. The van der Waals surface area contributed by atoms with Crippen LogP contribution in [0.4, 0.5) is 34.4 Å². The first-order valence-electron chi connectivity index (χ1n) is 19.3. The summed E-state index contributed by atoms with van der Waals surface area (Å²) >= 11 is 0. The van der Waals surface area contributed by atoms with Gasteiger partial charge in [0.2, 0.25) is 5.95 Å². The van der Waals surface area contributed by atoms with E-state index in [1.807, 2.05) is 36.4 Å². The van der Waals surface area contributed by atoms with Gasteiger partial charge in [0.15, 0.2) is 11.6 Å². The summed E-state index contributed by atoms with van der Waals surface area (Å²) in [6.45, 7) is 9.36. The van der Waals surface area contributed by atoms with Crippen molar-refractivity contribution >= 4 is 34.4 Å². The predicted octanol–water partition coefficient (Wildman–Crippen LogP) is 13.1. The van der Waals surface area contributed by atoms with Crippen LogP contribution in [-0.2, 0) is 10.8 Å². The average Bonchev–Trinajstić information content (AvgIpc) is 3.25. The van der Waals surface area contributed by atoms with Gasteiger partial charge in [-0.25, -0.2) is 4.98 Å². The molecule has 5 heteroatoms. The zero-order valence-corrected chi connectivity index (χ0v) is 32.0. The second-order valence-corrected chi connectivity index (χ2v) is 15.8. The summed E-state index contributed by atoms with van der Waals surface area (Å²) in [6, 6.07) is 62.4. The molecule has 0 amide bonds. The van der Waals surface area contributed by atoms with Gasteiger partial charge in [0.25, 0.3) is 0 Å². The molecular weight excluding hydrogens is 683 g/mol. The van der Waals surface area contributed by atoms with Crippen LogP contribution in [0.2, 0.25) is 0 Å². The SMILES string of the molecule is CC1(C)c2ccccc2N(c2ccccc2)c2ccc(-c3ccc4c(c3)C(C)(C)c3ccccc3N4c3nc(-c4ccccc4)nc(-c4ccccc4)n3)cc21. The summed E-state index contributed by atoms with van der Waals surface area (Å²) in [4.78, 5) is 20.0. The van der Waals surface area contributed by atoms with Crippen LogP contribution in [-0.4, -0.2) is 15.0 Å². The minimum absolute atomic E-state index is 0.206. The number of hydrogen-bond donors (Lipinski definition) is 0. The number of para-hydroxylation sites is 3. The smallest absolute Gasteiger partial charge is 0.238 e. The minimum Gasteiger partial charge on any atom is -0.310 e. The lowest BCUT2D eigenvalue weighted by molar-refractivity contribution is 0.630. The highest BCUT2D eigenvalue weighted by Crippen LogP contribution is 2.54. The van der Waals surface area contributed by atoms with Gasteiger partial charge in [-0.1, -0.05) is 155 Å². The lowest BCUT2D eigenvalue weighted by Crippen LogP contribution is -2.31. The Kier molecular flexibility index (Phi) is 7.75. The van der Waals surface area contributed by atoms with E-state index in [9.17, 15) is 0 Å². The van der Waals surface area contributed by atoms with Crippen LogP contribution in [0.3, 0.4) is 0 Å². The monoisotopic (exact) mass is 723 g/mol. The highest BCUT2D eigenvalue weighted by atomic mass is 15.3. The molecular formula is C51H41N5. The minimum atomic E-state index is -0.299. The Morgan fingerprint density at radius 3 is 1.23 bits per heavy atom. The highest BCUT2D eigenvalue weighted by molar-refractivity contribution is 5.89. The first kappa shape index (κ1) is 33.7. The lowest BCUT2D eigenvalue weighted by atomic mass is 9.72. The Labute approximate surface area is 328 Å². The summed E-state index contributed by atoms with van der Waals surface area (Å²) in [5, 5.41) is 0. The van der Waals surface area contributed by atoms with Crippen molar-refractivity contribution in [3.8, 4) is 33.9 Å². The number of fused-ring (bicyclic) bond motifs is 4. The van der Waals surface area contributed by atoms with Crippen LogP contribution in [0.15, 0.2) is 176 Å². The average molecular weight is 724 g/mol. The molecule has 0 atom stereocenters. The molecule has 56 heavy (non-hydrogen) atoms. The van der Waals surface area contributed by atoms with Crippen LogP contribution < -0.4 is 9.80 Å². The number of aromatic nitrogens is 3. The number of nitrogens with zero attached hydrogens (tertiary/aromatic N) is 5. The van der Waals surface area contributed by atoms with Crippen molar-refractivity contribution in [2.75, 3.05) is 9.80 Å². The molecule has 2 aliphatic rings. The Morgan fingerprint density at radius 1 is 0.339 bits per heavy atom. The molecule has 0 bridgehead atoms. The maximum Gasteiger partial charge on any atom is 0.238 e. The fraction of sp³-hybridized carbons (Fsp3) is 0.118. The van der Waals surface area contributed by atoms with E-state index in [4.69, 9.17) is 15.0 Å².